The fourth-order valence-electron chi connectivity index (χ4n) is 0.453. The molecule has 0 saturated heterocycles. The van der Waals surface area contributed by atoms with Crippen LogP contribution < -0.4 is 11.6 Å². The molecule has 0 bridgehead atoms. The second kappa shape index (κ2) is 5.08. The smallest absolute Gasteiger partial charge is 0.0313 e. The van der Waals surface area contributed by atoms with E-state index in [9.17, 15) is 0 Å². The van der Waals surface area contributed by atoms with Gasteiger partial charge in [0.15, 0.2) is 0 Å². The van der Waals surface area contributed by atoms with Gasteiger partial charge in [0.25, 0.3) is 0 Å². The highest BCUT2D eigenvalue weighted by Gasteiger charge is 1.72. The van der Waals surface area contributed by atoms with Crippen LogP contribution in [-0.2, 0) is 0 Å². The number of anilines is 1. The lowest BCUT2D eigenvalue weighted by Crippen LogP contribution is -1.79. The molecule has 1 aromatic carbocycles. The lowest BCUT2D eigenvalue weighted by molar-refractivity contribution is 0.311. The minimum atomic E-state index is 0.822. The number of nitrogen functional groups attached to an aromatic ring is 1. The van der Waals surface area contributed by atoms with Gasteiger partial charge in [-0.05, 0) is 12.1 Å². The van der Waals surface area contributed by atoms with E-state index in [2.05, 4.69) is 5.90 Å². The van der Waals surface area contributed by atoms with Crippen LogP contribution in [-0.4, -0.2) is 5.21 Å². The summed E-state index contributed by atoms with van der Waals surface area (Å²) in [5, 5.41) is 6.50. The monoisotopic (exact) mass is 126 g/mol. The summed E-state index contributed by atoms with van der Waals surface area (Å²) in [5.41, 5.74) is 6.18. The fourth-order valence-corrected chi connectivity index (χ4v) is 0.453. The highest BCUT2D eigenvalue weighted by molar-refractivity contribution is 5.35. The van der Waals surface area contributed by atoms with Gasteiger partial charge < -0.3 is 10.9 Å². The maximum atomic E-state index is 6.50. The van der Waals surface area contributed by atoms with Gasteiger partial charge in [-0.1, -0.05) is 18.2 Å². The average molecular weight is 126 g/mol. The van der Waals surface area contributed by atoms with Gasteiger partial charge in [-0.2, -0.15) is 0 Å². The zero-order chi connectivity index (χ0) is 7.11. The number of rotatable bonds is 0. The molecule has 0 aliphatic rings. The van der Waals surface area contributed by atoms with Crippen molar-refractivity contribution in [2.45, 2.75) is 0 Å². The van der Waals surface area contributed by atoms with Crippen molar-refractivity contribution in [1.29, 1.82) is 0 Å². The molecule has 0 atom stereocenters. The Bertz CT molecular complexity index is 141. The van der Waals surface area contributed by atoms with Crippen LogP contribution in [0.2, 0.25) is 0 Å². The summed E-state index contributed by atoms with van der Waals surface area (Å²) in [6.07, 6.45) is 0. The number of nitrogens with two attached hydrogens (primary N) is 2. The number of benzene rings is 1. The van der Waals surface area contributed by atoms with Gasteiger partial charge >= 0.3 is 0 Å². The molecule has 3 heteroatoms. The van der Waals surface area contributed by atoms with Crippen molar-refractivity contribution in [2.75, 3.05) is 5.73 Å². The molecular formula is C6H10N2O. The molecule has 0 radical (unpaired) electrons. The molecule has 0 spiro atoms. The lowest BCUT2D eigenvalue weighted by atomic mass is 10.3. The third-order valence-corrected chi connectivity index (χ3v) is 0.800. The number of hydrogen-bond donors (Lipinski definition) is 3. The molecule has 0 aliphatic heterocycles. The van der Waals surface area contributed by atoms with Crippen molar-refractivity contribution in [2.24, 2.45) is 5.90 Å². The van der Waals surface area contributed by atoms with Crippen molar-refractivity contribution in [3.05, 3.63) is 30.3 Å². The summed E-state index contributed by atoms with van der Waals surface area (Å²) < 4.78 is 0. The number of hydrogen-bond acceptors (Lipinski definition) is 3. The summed E-state index contributed by atoms with van der Waals surface area (Å²) >= 11 is 0. The first-order valence-electron chi connectivity index (χ1n) is 2.46. The van der Waals surface area contributed by atoms with E-state index < -0.39 is 0 Å². The van der Waals surface area contributed by atoms with Crippen molar-refractivity contribution in [3.63, 3.8) is 0 Å². The molecule has 0 unspecified atom stereocenters. The van der Waals surface area contributed by atoms with Crippen molar-refractivity contribution < 1.29 is 5.21 Å². The van der Waals surface area contributed by atoms with E-state index in [1.54, 1.807) is 0 Å². The summed E-state index contributed by atoms with van der Waals surface area (Å²) in [7, 11) is 0. The molecule has 5 N–H and O–H groups in total. The van der Waals surface area contributed by atoms with Gasteiger partial charge in [-0.25, -0.2) is 5.90 Å². The Morgan fingerprint density at radius 1 is 1.00 bits per heavy atom. The summed E-state index contributed by atoms with van der Waals surface area (Å²) in [4.78, 5) is 0. The predicted octanol–water partition coefficient (Wildman–Crippen LogP) is 0.603. The lowest BCUT2D eigenvalue weighted by Gasteiger charge is -1.83. The van der Waals surface area contributed by atoms with Gasteiger partial charge in [-0.15, -0.1) is 0 Å². The normalized spacial score (nSPS) is 7.33. The first kappa shape index (κ1) is 7.94. The van der Waals surface area contributed by atoms with Crippen LogP contribution >= 0.6 is 0 Å². The minimum absolute atomic E-state index is 0.822. The zero-order valence-electron chi connectivity index (χ0n) is 4.99. The Labute approximate surface area is 53.9 Å². The Morgan fingerprint density at radius 3 is 1.67 bits per heavy atom. The van der Waals surface area contributed by atoms with Crippen molar-refractivity contribution in [1.82, 2.24) is 0 Å². The Kier molecular flexibility index (Phi) is 4.49. The van der Waals surface area contributed by atoms with Crippen LogP contribution in [0.3, 0.4) is 0 Å². The summed E-state index contributed by atoms with van der Waals surface area (Å²) in [5.74, 6) is 3.50. The van der Waals surface area contributed by atoms with Crippen LogP contribution in [0.1, 0.15) is 0 Å². The van der Waals surface area contributed by atoms with Gasteiger partial charge in [-0.3, -0.25) is 0 Å². The van der Waals surface area contributed by atoms with Gasteiger partial charge in [0.05, 0.1) is 0 Å². The zero-order valence-corrected chi connectivity index (χ0v) is 4.99. The highest BCUT2D eigenvalue weighted by atomic mass is 16.4. The van der Waals surface area contributed by atoms with Crippen LogP contribution in [0.4, 0.5) is 5.69 Å². The molecule has 3 nitrogen and oxygen atoms in total. The molecule has 0 amide bonds. The van der Waals surface area contributed by atoms with Crippen LogP contribution in [0.5, 0.6) is 0 Å². The third kappa shape index (κ3) is 3.52. The SMILES string of the molecule is NO.Nc1ccccc1. The van der Waals surface area contributed by atoms with E-state index >= 15 is 0 Å². The molecule has 9 heavy (non-hydrogen) atoms. The van der Waals surface area contributed by atoms with E-state index in [4.69, 9.17) is 10.9 Å². The van der Waals surface area contributed by atoms with Crippen LogP contribution in [0.25, 0.3) is 0 Å². The fraction of sp³-hybridized carbons (Fsp3) is 0. The molecular weight excluding hydrogens is 116 g/mol. The van der Waals surface area contributed by atoms with E-state index in [0.717, 1.165) is 5.69 Å². The van der Waals surface area contributed by atoms with E-state index in [1.807, 2.05) is 30.3 Å². The second-order valence-electron chi connectivity index (χ2n) is 1.41. The standard InChI is InChI=1S/C6H7N.H3NO/c7-6-4-2-1-3-5-6;1-2/h1-5H,7H2;2H,1H2. The molecule has 50 valence electrons. The van der Waals surface area contributed by atoms with Crippen LogP contribution in [0.15, 0.2) is 30.3 Å². The Morgan fingerprint density at radius 2 is 1.44 bits per heavy atom. The Balaban J connectivity index is 0.000000291. The van der Waals surface area contributed by atoms with Crippen molar-refractivity contribution in [3.8, 4) is 0 Å². The molecule has 0 fully saturated rings. The molecule has 1 aromatic rings. The summed E-state index contributed by atoms with van der Waals surface area (Å²) in [6, 6.07) is 9.49. The van der Waals surface area contributed by atoms with E-state index in [-0.39, 0.29) is 0 Å². The average Bonchev–Trinajstić information content (AvgIpc) is 1.94. The Hall–Kier alpha value is -1.06. The molecule has 1 rings (SSSR count). The van der Waals surface area contributed by atoms with Crippen molar-refractivity contribution >= 4 is 5.69 Å². The first-order chi connectivity index (χ1) is 4.39. The molecule has 0 saturated carbocycles. The predicted molar refractivity (Wildman–Crippen MR) is 36.8 cm³/mol. The second-order valence-corrected chi connectivity index (χ2v) is 1.41. The maximum Gasteiger partial charge on any atom is 0.0313 e. The molecule has 0 aromatic heterocycles. The summed E-state index contributed by atoms with van der Waals surface area (Å²) in [6.45, 7) is 0. The van der Waals surface area contributed by atoms with Gasteiger partial charge in [0, 0.05) is 5.69 Å². The quantitative estimate of drug-likeness (QED) is 0.352. The minimum Gasteiger partial charge on any atom is -0.399 e. The molecule has 0 aliphatic carbocycles. The van der Waals surface area contributed by atoms with Gasteiger partial charge in [0.2, 0.25) is 0 Å². The highest BCUT2D eigenvalue weighted by Crippen LogP contribution is 1.95. The van der Waals surface area contributed by atoms with E-state index in [0.29, 0.717) is 0 Å². The first-order valence-corrected chi connectivity index (χ1v) is 2.46. The van der Waals surface area contributed by atoms with E-state index in [1.165, 1.54) is 0 Å². The largest absolute Gasteiger partial charge is 0.399 e. The topological polar surface area (TPSA) is 72.3 Å². The maximum absolute atomic E-state index is 6.50. The van der Waals surface area contributed by atoms with Crippen LogP contribution in [0, 0.1) is 0 Å². The molecule has 0 heterocycles. The van der Waals surface area contributed by atoms with Gasteiger partial charge in [0.1, 0.15) is 0 Å². The third-order valence-electron chi connectivity index (χ3n) is 0.800. The number of para-hydroxylation sites is 1.